The van der Waals surface area contributed by atoms with Crippen LogP contribution in [0.2, 0.25) is 0 Å². The number of rotatable bonds is 2. The first kappa shape index (κ1) is 16.7. The van der Waals surface area contributed by atoms with Crippen LogP contribution < -0.4 is 4.74 Å². The van der Waals surface area contributed by atoms with Crippen molar-refractivity contribution < 1.29 is 18.3 Å². The highest BCUT2D eigenvalue weighted by atomic mass is 19.3. The van der Waals surface area contributed by atoms with Crippen LogP contribution in [0.1, 0.15) is 24.8 Å². The van der Waals surface area contributed by atoms with Crippen LogP contribution in [0.5, 0.6) is 5.75 Å². The zero-order chi connectivity index (χ0) is 18.8. The van der Waals surface area contributed by atoms with Crippen LogP contribution in [0.3, 0.4) is 0 Å². The lowest BCUT2D eigenvalue weighted by Gasteiger charge is -2.36. The Bertz CT molecular complexity index is 918. The van der Waals surface area contributed by atoms with Gasteiger partial charge in [0.1, 0.15) is 5.75 Å². The summed E-state index contributed by atoms with van der Waals surface area (Å²) in [5.41, 5.74) is 2.97. The number of nitrogens with zero attached hydrogens (tertiary/aromatic N) is 3. The highest BCUT2D eigenvalue weighted by molar-refractivity contribution is 5.81. The van der Waals surface area contributed by atoms with Crippen LogP contribution in [-0.4, -0.2) is 46.2 Å². The van der Waals surface area contributed by atoms with Crippen molar-refractivity contribution in [3.8, 4) is 16.9 Å². The van der Waals surface area contributed by atoms with Gasteiger partial charge in [-0.3, -0.25) is 9.48 Å². The lowest BCUT2D eigenvalue weighted by Crippen LogP contribution is -2.47. The van der Waals surface area contributed by atoms with Crippen molar-refractivity contribution >= 4 is 5.91 Å². The van der Waals surface area contributed by atoms with Crippen molar-refractivity contribution in [3.63, 3.8) is 0 Å². The van der Waals surface area contributed by atoms with E-state index in [1.165, 1.54) is 0 Å². The number of aryl methyl sites for hydroxylation is 1. The number of halogens is 2. The Morgan fingerprint density at radius 1 is 1.30 bits per heavy atom. The molecule has 1 amide bonds. The van der Waals surface area contributed by atoms with E-state index >= 15 is 0 Å². The Morgan fingerprint density at radius 3 is 2.81 bits per heavy atom. The molecule has 1 atom stereocenters. The summed E-state index contributed by atoms with van der Waals surface area (Å²) in [6.45, 7) is 1.67. The van der Waals surface area contributed by atoms with Gasteiger partial charge in [0.05, 0.1) is 18.2 Å². The summed E-state index contributed by atoms with van der Waals surface area (Å²) in [6.07, 6.45) is 3.96. The molecule has 1 aliphatic carbocycles. The van der Waals surface area contributed by atoms with Crippen molar-refractivity contribution in [2.75, 3.05) is 19.7 Å². The molecule has 7 heteroatoms. The molecule has 1 aromatic heterocycles. The van der Waals surface area contributed by atoms with E-state index in [4.69, 9.17) is 4.74 Å². The summed E-state index contributed by atoms with van der Waals surface area (Å²) in [7, 11) is 1.88. The summed E-state index contributed by atoms with van der Waals surface area (Å²) in [4.78, 5) is 14.4. The molecule has 0 bridgehead atoms. The molecule has 5 nitrogen and oxygen atoms in total. The minimum absolute atomic E-state index is 0.130. The maximum absolute atomic E-state index is 13.1. The summed E-state index contributed by atoms with van der Waals surface area (Å²) < 4.78 is 34.0. The molecule has 1 unspecified atom stereocenters. The number of benzene rings is 1. The molecule has 2 aromatic rings. The van der Waals surface area contributed by atoms with Gasteiger partial charge in [-0.1, -0.05) is 6.07 Å². The summed E-state index contributed by atoms with van der Waals surface area (Å²) in [5.74, 6) is -2.47. The van der Waals surface area contributed by atoms with E-state index in [2.05, 4.69) is 11.2 Å². The molecule has 1 saturated carbocycles. The van der Waals surface area contributed by atoms with Gasteiger partial charge in [-0.2, -0.15) is 5.10 Å². The van der Waals surface area contributed by atoms with Gasteiger partial charge in [0.2, 0.25) is 11.8 Å². The van der Waals surface area contributed by atoms with Crippen LogP contribution in [-0.2, 0) is 17.3 Å². The van der Waals surface area contributed by atoms with E-state index in [1.54, 1.807) is 9.58 Å². The third-order valence-corrected chi connectivity index (χ3v) is 6.20. The molecular weight excluding hydrogens is 352 g/mol. The van der Waals surface area contributed by atoms with Gasteiger partial charge in [-0.25, -0.2) is 8.78 Å². The third kappa shape index (κ3) is 2.63. The van der Waals surface area contributed by atoms with E-state index in [0.717, 1.165) is 28.9 Å². The number of alkyl halides is 2. The molecular formula is C20H21F2N3O2. The minimum Gasteiger partial charge on any atom is -0.492 e. The Hall–Kier alpha value is -2.44. The van der Waals surface area contributed by atoms with Gasteiger partial charge in [0, 0.05) is 56.2 Å². The Balaban J connectivity index is 1.39. The summed E-state index contributed by atoms with van der Waals surface area (Å²) in [6, 6.07) is 6.12. The van der Waals surface area contributed by atoms with E-state index in [-0.39, 0.29) is 24.2 Å². The van der Waals surface area contributed by atoms with Crippen molar-refractivity contribution in [1.82, 2.24) is 14.7 Å². The van der Waals surface area contributed by atoms with Crippen LogP contribution in [0.15, 0.2) is 30.6 Å². The molecule has 3 heterocycles. The normalized spacial score (nSPS) is 26.1. The minimum atomic E-state index is -2.67. The fraction of sp³-hybridized carbons (Fsp3) is 0.500. The fourth-order valence-corrected chi connectivity index (χ4v) is 4.61. The Kier molecular flexibility index (Phi) is 3.42. The number of likely N-dealkylation sites (tertiary alicyclic amines) is 1. The number of hydrogen-bond acceptors (Lipinski definition) is 3. The number of fused-ring (bicyclic) bond motifs is 2. The van der Waals surface area contributed by atoms with Gasteiger partial charge >= 0.3 is 0 Å². The van der Waals surface area contributed by atoms with E-state index in [1.807, 2.05) is 31.6 Å². The molecule has 3 aliphatic rings. The van der Waals surface area contributed by atoms with Gasteiger partial charge in [0.25, 0.3) is 0 Å². The van der Waals surface area contributed by atoms with E-state index in [0.29, 0.717) is 19.7 Å². The van der Waals surface area contributed by atoms with Crippen molar-refractivity contribution in [2.24, 2.45) is 13.0 Å². The van der Waals surface area contributed by atoms with Crippen LogP contribution in [0, 0.1) is 5.92 Å². The van der Waals surface area contributed by atoms with Gasteiger partial charge < -0.3 is 9.64 Å². The topological polar surface area (TPSA) is 47.4 Å². The zero-order valence-corrected chi connectivity index (χ0v) is 15.1. The average Bonchev–Trinajstić information content (AvgIpc) is 3.32. The quantitative estimate of drug-likeness (QED) is 0.813. The first-order valence-electron chi connectivity index (χ1n) is 9.28. The van der Waals surface area contributed by atoms with Crippen molar-refractivity contribution in [3.05, 3.63) is 36.2 Å². The zero-order valence-electron chi connectivity index (χ0n) is 15.1. The van der Waals surface area contributed by atoms with Gasteiger partial charge in [-0.05, 0) is 24.1 Å². The van der Waals surface area contributed by atoms with Gasteiger partial charge in [0.15, 0.2) is 0 Å². The maximum atomic E-state index is 13.1. The highest BCUT2D eigenvalue weighted by Crippen LogP contribution is 2.48. The Morgan fingerprint density at radius 2 is 2.11 bits per heavy atom. The molecule has 1 spiro atoms. The summed E-state index contributed by atoms with van der Waals surface area (Å²) in [5, 5.41) is 4.23. The van der Waals surface area contributed by atoms with Crippen molar-refractivity contribution in [1.29, 1.82) is 0 Å². The lowest BCUT2D eigenvalue weighted by atomic mass is 9.79. The second-order valence-corrected chi connectivity index (χ2v) is 8.15. The van der Waals surface area contributed by atoms with Gasteiger partial charge in [-0.15, -0.1) is 0 Å². The summed E-state index contributed by atoms with van der Waals surface area (Å²) >= 11 is 0. The molecule has 0 N–H and O–H groups in total. The van der Waals surface area contributed by atoms with Crippen LogP contribution in [0.4, 0.5) is 8.78 Å². The second-order valence-electron chi connectivity index (χ2n) is 8.15. The fourth-order valence-electron chi connectivity index (χ4n) is 4.61. The highest BCUT2D eigenvalue weighted by Gasteiger charge is 2.53. The molecule has 142 valence electrons. The van der Waals surface area contributed by atoms with E-state index in [9.17, 15) is 13.6 Å². The number of carbonyl (C=O) groups is 1. The second kappa shape index (κ2) is 5.53. The number of amides is 1. The molecule has 2 fully saturated rings. The first-order chi connectivity index (χ1) is 12.9. The number of hydrogen-bond donors (Lipinski definition) is 0. The van der Waals surface area contributed by atoms with Crippen LogP contribution in [0.25, 0.3) is 11.1 Å². The molecule has 2 aliphatic heterocycles. The predicted octanol–water partition coefficient (Wildman–Crippen LogP) is 2.99. The predicted molar refractivity (Wildman–Crippen MR) is 94.7 cm³/mol. The third-order valence-electron chi connectivity index (χ3n) is 6.20. The average molecular weight is 373 g/mol. The number of aromatic nitrogens is 2. The largest absolute Gasteiger partial charge is 0.492 e. The molecule has 5 rings (SSSR count). The molecule has 27 heavy (non-hydrogen) atoms. The number of carbonyl (C=O) groups excluding carboxylic acids is 1. The monoisotopic (exact) mass is 373 g/mol. The van der Waals surface area contributed by atoms with E-state index < -0.39 is 11.8 Å². The molecule has 1 saturated heterocycles. The standard InChI is InChI=1S/C20H21F2N3O2/c1-24-10-15(9-23-24)13-2-3-17-16(6-13)19(12-27-17)4-5-25(11-19)18(26)14-7-20(21,22)8-14/h2-3,6,9-10,14H,4-5,7-8,11-12H2,1H3. The smallest absolute Gasteiger partial charge is 0.249 e. The van der Waals surface area contributed by atoms with Crippen LogP contribution >= 0.6 is 0 Å². The maximum Gasteiger partial charge on any atom is 0.249 e. The Labute approximate surface area is 155 Å². The lowest BCUT2D eigenvalue weighted by molar-refractivity contribution is -0.159. The molecule has 1 aromatic carbocycles. The van der Waals surface area contributed by atoms with Crippen molar-refractivity contribution in [2.45, 2.75) is 30.6 Å². The SMILES string of the molecule is Cn1cc(-c2ccc3c(c2)C2(CCN(C(=O)C4CC(F)(F)C4)C2)CO3)cn1. The number of ether oxygens (including phenoxy) is 1. The first-order valence-corrected chi connectivity index (χ1v) is 9.28. The molecule has 0 radical (unpaired) electrons.